The van der Waals surface area contributed by atoms with Crippen LogP contribution < -0.4 is 5.48 Å². The van der Waals surface area contributed by atoms with E-state index in [-0.39, 0.29) is 12.1 Å². The molecule has 0 saturated carbocycles. The molecule has 5 heteroatoms. The molecular weight excluding hydrogens is 180 g/mol. The molecule has 0 heterocycles. The summed E-state index contributed by atoms with van der Waals surface area (Å²) in [6.45, 7) is -0.429. The number of benzene rings is 1. The Kier molecular flexibility index (Phi) is 3.30. The van der Waals surface area contributed by atoms with Crippen LogP contribution in [0.25, 0.3) is 0 Å². The van der Waals surface area contributed by atoms with Crippen LogP contribution in [0.2, 0.25) is 0 Å². The van der Waals surface area contributed by atoms with E-state index in [2.05, 4.69) is 0 Å². The third-order valence-corrected chi connectivity index (χ3v) is 1.68. The van der Waals surface area contributed by atoms with Gasteiger partial charge in [0, 0.05) is 6.54 Å². The molecule has 72 valence electrons. The molecule has 0 unspecified atom stereocenters. The van der Waals surface area contributed by atoms with Crippen molar-refractivity contribution in [3.05, 3.63) is 34.9 Å². The van der Waals surface area contributed by atoms with Crippen molar-refractivity contribution in [2.45, 2.75) is 13.2 Å². The number of hydroxylamine groups is 1. The van der Waals surface area contributed by atoms with E-state index in [1.54, 1.807) is 5.48 Å². The van der Waals surface area contributed by atoms with Crippen LogP contribution in [0.5, 0.6) is 0 Å². The predicted molar refractivity (Wildman–Crippen MR) is 40.9 cm³/mol. The van der Waals surface area contributed by atoms with E-state index >= 15 is 0 Å². The normalized spacial score (nSPS) is 10.5. The molecule has 3 nitrogen and oxygen atoms in total. The molecule has 0 amide bonds. The van der Waals surface area contributed by atoms with Gasteiger partial charge < -0.3 is 10.3 Å². The molecule has 0 aromatic heterocycles. The van der Waals surface area contributed by atoms with Crippen LogP contribution in [0.4, 0.5) is 8.78 Å². The highest BCUT2D eigenvalue weighted by atomic mass is 19.2. The number of hydrogen-bond donors (Lipinski definition) is 3. The van der Waals surface area contributed by atoms with Crippen molar-refractivity contribution in [2.75, 3.05) is 0 Å². The van der Waals surface area contributed by atoms with Gasteiger partial charge in [0.15, 0.2) is 11.6 Å². The predicted octanol–water partition coefficient (Wildman–Crippen LogP) is 0.936. The van der Waals surface area contributed by atoms with E-state index in [4.69, 9.17) is 10.3 Å². The van der Waals surface area contributed by atoms with Crippen LogP contribution in [0.15, 0.2) is 12.1 Å². The van der Waals surface area contributed by atoms with Crippen molar-refractivity contribution in [1.29, 1.82) is 0 Å². The highest BCUT2D eigenvalue weighted by Gasteiger charge is 2.08. The fourth-order valence-corrected chi connectivity index (χ4v) is 1.03. The Morgan fingerprint density at radius 3 is 2.15 bits per heavy atom. The van der Waals surface area contributed by atoms with Crippen molar-refractivity contribution >= 4 is 0 Å². The lowest BCUT2D eigenvalue weighted by atomic mass is 10.1. The zero-order valence-corrected chi connectivity index (χ0v) is 6.72. The standard InChI is InChI=1S/C8H9F2NO2/c9-7-1-5(3-11-13)6(4-12)2-8(7)10/h1-2,11-13H,3-4H2. The lowest BCUT2D eigenvalue weighted by molar-refractivity contribution is 0.160. The van der Waals surface area contributed by atoms with Gasteiger partial charge in [-0.2, -0.15) is 0 Å². The lowest BCUT2D eigenvalue weighted by Crippen LogP contribution is -2.09. The minimum atomic E-state index is -1.01. The average molecular weight is 189 g/mol. The molecular formula is C8H9F2NO2. The van der Waals surface area contributed by atoms with Crippen molar-refractivity contribution in [2.24, 2.45) is 0 Å². The Morgan fingerprint density at radius 1 is 1.15 bits per heavy atom. The first-order valence-electron chi connectivity index (χ1n) is 3.63. The van der Waals surface area contributed by atoms with Crippen molar-refractivity contribution < 1.29 is 19.1 Å². The summed E-state index contributed by atoms with van der Waals surface area (Å²) in [5, 5.41) is 17.1. The molecule has 1 aromatic carbocycles. The number of aliphatic hydroxyl groups is 1. The first-order valence-corrected chi connectivity index (χ1v) is 3.63. The summed E-state index contributed by atoms with van der Waals surface area (Å²) in [5.74, 6) is -2.01. The molecule has 1 rings (SSSR count). The maximum Gasteiger partial charge on any atom is 0.159 e. The monoisotopic (exact) mass is 189 g/mol. The zero-order valence-electron chi connectivity index (χ0n) is 6.72. The van der Waals surface area contributed by atoms with Gasteiger partial charge in [-0.15, -0.1) is 0 Å². The Bertz CT molecular complexity index is 304. The molecule has 0 saturated heterocycles. The lowest BCUT2D eigenvalue weighted by Gasteiger charge is -2.06. The highest BCUT2D eigenvalue weighted by Crippen LogP contribution is 2.14. The maximum absolute atomic E-state index is 12.7. The van der Waals surface area contributed by atoms with E-state index < -0.39 is 18.2 Å². The molecule has 0 bridgehead atoms. The van der Waals surface area contributed by atoms with Crippen LogP contribution in [0.3, 0.4) is 0 Å². The fraction of sp³-hybridized carbons (Fsp3) is 0.250. The molecule has 0 aliphatic heterocycles. The summed E-state index contributed by atoms with van der Waals surface area (Å²) in [6.07, 6.45) is 0. The molecule has 0 aliphatic rings. The SMILES string of the molecule is OCc1cc(F)c(F)cc1CNO. The van der Waals surface area contributed by atoms with Gasteiger partial charge in [-0.1, -0.05) is 0 Å². The Morgan fingerprint density at radius 2 is 1.69 bits per heavy atom. The summed E-state index contributed by atoms with van der Waals surface area (Å²) in [6, 6.07) is 1.84. The van der Waals surface area contributed by atoms with Gasteiger partial charge in [0.1, 0.15) is 0 Å². The minimum absolute atomic E-state index is 0.0346. The van der Waals surface area contributed by atoms with Crippen molar-refractivity contribution in [3.8, 4) is 0 Å². The Labute approximate surface area is 73.6 Å². The molecule has 0 radical (unpaired) electrons. The van der Waals surface area contributed by atoms with Crippen LogP contribution in [0.1, 0.15) is 11.1 Å². The zero-order chi connectivity index (χ0) is 9.84. The van der Waals surface area contributed by atoms with Crippen molar-refractivity contribution in [3.63, 3.8) is 0 Å². The fourth-order valence-electron chi connectivity index (χ4n) is 1.03. The molecule has 0 fully saturated rings. The number of nitrogens with one attached hydrogen (secondary N) is 1. The molecule has 13 heavy (non-hydrogen) atoms. The summed E-state index contributed by atoms with van der Waals surface area (Å²) in [4.78, 5) is 0. The maximum atomic E-state index is 12.7. The van der Waals surface area contributed by atoms with Crippen LogP contribution in [0, 0.1) is 11.6 Å². The second kappa shape index (κ2) is 4.27. The highest BCUT2D eigenvalue weighted by molar-refractivity contribution is 5.28. The topological polar surface area (TPSA) is 52.5 Å². The van der Waals surface area contributed by atoms with E-state index in [0.717, 1.165) is 12.1 Å². The quantitative estimate of drug-likeness (QED) is 0.620. The van der Waals surface area contributed by atoms with E-state index in [1.165, 1.54) is 0 Å². The molecule has 0 atom stereocenters. The Balaban J connectivity index is 3.09. The second-order valence-electron chi connectivity index (χ2n) is 2.53. The van der Waals surface area contributed by atoms with Gasteiger partial charge in [0.05, 0.1) is 6.61 Å². The summed E-state index contributed by atoms with van der Waals surface area (Å²) in [5.41, 5.74) is 2.38. The van der Waals surface area contributed by atoms with E-state index in [0.29, 0.717) is 5.56 Å². The summed E-state index contributed by atoms with van der Waals surface area (Å²) < 4.78 is 25.3. The smallest absolute Gasteiger partial charge is 0.159 e. The van der Waals surface area contributed by atoms with Gasteiger partial charge in [-0.25, -0.2) is 14.3 Å². The number of rotatable bonds is 3. The van der Waals surface area contributed by atoms with Gasteiger partial charge in [0.2, 0.25) is 0 Å². The van der Waals surface area contributed by atoms with Crippen molar-refractivity contribution in [1.82, 2.24) is 5.48 Å². The average Bonchev–Trinajstić information content (AvgIpc) is 2.11. The molecule has 0 aliphatic carbocycles. The third kappa shape index (κ3) is 2.21. The third-order valence-electron chi connectivity index (χ3n) is 1.68. The second-order valence-corrected chi connectivity index (χ2v) is 2.53. The van der Waals surface area contributed by atoms with Gasteiger partial charge in [-0.05, 0) is 23.3 Å². The largest absolute Gasteiger partial charge is 0.392 e. The molecule has 1 aromatic rings. The van der Waals surface area contributed by atoms with Crippen LogP contribution in [-0.4, -0.2) is 10.3 Å². The van der Waals surface area contributed by atoms with Gasteiger partial charge in [-0.3, -0.25) is 0 Å². The van der Waals surface area contributed by atoms with Crippen LogP contribution in [-0.2, 0) is 13.2 Å². The van der Waals surface area contributed by atoms with E-state index in [9.17, 15) is 8.78 Å². The minimum Gasteiger partial charge on any atom is -0.392 e. The molecule has 0 spiro atoms. The summed E-state index contributed by atoms with van der Waals surface area (Å²) in [7, 11) is 0. The number of aliphatic hydroxyl groups excluding tert-OH is 1. The number of halogens is 2. The summed E-state index contributed by atoms with van der Waals surface area (Å²) >= 11 is 0. The van der Waals surface area contributed by atoms with Gasteiger partial charge in [0.25, 0.3) is 0 Å². The van der Waals surface area contributed by atoms with E-state index in [1.807, 2.05) is 0 Å². The molecule has 3 N–H and O–H groups in total. The Hall–Kier alpha value is -1.04. The number of hydrogen-bond acceptors (Lipinski definition) is 3. The van der Waals surface area contributed by atoms with Gasteiger partial charge >= 0.3 is 0 Å². The first kappa shape index (κ1) is 10.0. The first-order chi connectivity index (χ1) is 6.19. The van der Waals surface area contributed by atoms with Crippen LogP contribution >= 0.6 is 0 Å².